The fraction of sp³-hybridized carbons (Fsp3) is 0.200. The van der Waals surface area contributed by atoms with E-state index in [1.165, 1.54) is 6.07 Å². The van der Waals surface area contributed by atoms with Gasteiger partial charge >= 0.3 is 11.9 Å². The van der Waals surface area contributed by atoms with Crippen LogP contribution in [0.1, 0.15) is 33.3 Å². The molecule has 0 saturated heterocycles. The summed E-state index contributed by atoms with van der Waals surface area (Å²) >= 11 is 3.33. The largest absolute Gasteiger partial charge is 0.478 e. The van der Waals surface area contributed by atoms with E-state index >= 15 is 0 Å². The smallest absolute Gasteiger partial charge is 0.339 e. The van der Waals surface area contributed by atoms with Crippen molar-refractivity contribution >= 4 is 27.9 Å². The van der Waals surface area contributed by atoms with Crippen LogP contribution in [0.3, 0.4) is 0 Å². The third kappa shape index (κ3) is 3.16. The molecule has 0 amide bonds. The number of aryl methyl sites for hydroxylation is 1. The normalized spacial score (nSPS) is 10.4. The van der Waals surface area contributed by atoms with Crippen LogP contribution in [-0.2, 0) is 4.74 Å². The summed E-state index contributed by atoms with van der Waals surface area (Å²) in [6.07, 6.45) is 1.58. The standard InChI is InChI=1S/C15H14BrNO4/c1-3-21-15(20)10-6-9(2)17(8-10)13-7-11(16)4-5-12(13)14(18)19/h4-8H,3H2,1-2H3,(H,18,19). The number of hydrogen-bond donors (Lipinski definition) is 1. The van der Waals surface area contributed by atoms with Gasteiger partial charge in [-0.05, 0) is 38.1 Å². The average molecular weight is 352 g/mol. The zero-order valence-corrected chi connectivity index (χ0v) is 13.2. The molecule has 21 heavy (non-hydrogen) atoms. The van der Waals surface area contributed by atoms with Crippen molar-refractivity contribution in [1.82, 2.24) is 4.57 Å². The predicted octanol–water partition coefficient (Wildman–Crippen LogP) is 3.42. The molecule has 1 aromatic heterocycles. The summed E-state index contributed by atoms with van der Waals surface area (Å²) in [6.45, 7) is 3.83. The molecule has 110 valence electrons. The summed E-state index contributed by atoms with van der Waals surface area (Å²) in [4.78, 5) is 23.1. The van der Waals surface area contributed by atoms with Crippen molar-refractivity contribution in [2.45, 2.75) is 13.8 Å². The number of esters is 1. The Labute approximate surface area is 130 Å². The Morgan fingerprint density at radius 3 is 2.67 bits per heavy atom. The van der Waals surface area contributed by atoms with Gasteiger partial charge in [0.2, 0.25) is 0 Å². The van der Waals surface area contributed by atoms with Gasteiger partial charge in [-0.3, -0.25) is 0 Å². The lowest BCUT2D eigenvalue weighted by atomic mass is 10.1. The van der Waals surface area contributed by atoms with Gasteiger partial charge in [-0.2, -0.15) is 0 Å². The van der Waals surface area contributed by atoms with Crippen LogP contribution in [0.5, 0.6) is 0 Å². The fourth-order valence-corrected chi connectivity index (χ4v) is 2.39. The van der Waals surface area contributed by atoms with E-state index in [-0.39, 0.29) is 5.56 Å². The minimum atomic E-state index is -1.02. The maximum Gasteiger partial charge on any atom is 0.339 e. The molecule has 1 aromatic carbocycles. The zero-order chi connectivity index (χ0) is 15.6. The second-order valence-corrected chi connectivity index (χ2v) is 5.34. The van der Waals surface area contributed by atoms with E-state index in [0.29, 0.717) is 17.9 Å². The van der Waals surface area contributed by atoms with Crippen molar-refractivity contribution in [2.24, 2.45) is 0 Å². The Bertz CT molecular complexity index is 706. The van der Waals surface area contributed by atoms with Gasteiger partial charge in [0, 0.05) is 16.4 Å². The molecule has 0 aliphatic heterocycles. The second kappa shape index (κ2) is 6.13. The molecule has 0 atom stereocenters. The highest BCUT2D eigenvalue weighted by Crippen LogP contribution is 2.24. The van der Waals surface area contributed by atoms with Crippen LogP contribution < -0.4 is 0 Å². The van der Waals surface area contributed by atoms with Crippen molar-refractivity contribution < 1.29 is 19.4 Å². The third-order valence-corrected chi connectivity index (χ3v) is 3.47. The van der Waals surface area contributed by atoms with Gasteiger partial charge in [-0.1, -0.05) is 15.9 Å². The summed E-state index contributed by atoms with van der Waals surface area (Å²) in [5, 5.41) is 9.29. The summed E-state index contributed by atoms with van der Waals surface area (Å²) < 4.78 is 7.38. The second-order valence-electron chi connectivity index (χ2n) is 4.43. The molecule has 0 unspecified atom stereocenters. The third-order valence-electron chi connectivity index (χ3n) is 2.97. The molecular formula is C15H14BrNO4. The van der Waals surface area contributed by atoms with Crippen LogP contribution in [0, 0.1) is 6.92 Å². The number of nitrogens with zero attached hydrogens (tertiary/aromatic N) is 1. The van der Waals surface area contributed by atoms with Gasteiger partial charge in [0.25, 0.3) is 0 Å². The highest BCUT2D eigenvalue weighted by molar-refractivity contribution is 9.10. The Morgan fingerprint density at radius 2 is 2.05 bits per heavy atom. The van der Waals surface area contributed by atoms with Crippen molar-refractivity contribution in [3.05, 3.63) is 51.8 Å². The Kier molecular flexibility index (Phi) is 4.47. The Morgan fingerprint density at radius 1 is 1.33 bits per heavy atom. The molecular weight excluding hydrogens is 338 g/mol. The summed E-state index contributed by atoms with van der Waals surface area (Å²) in [5.41, 5.74) is 1.79. The van der Waals surface area contributed by atoms with E-state index < -0.39 is 11.9 Å². The molecule has 0 radical (unpaired) electrons. The monoisotopic (exact) mass is 351 g/mol. The predicted molar refractivity (Wildman–Crippen MR) is 81.1 cm³/mol. The summed E-state index contributed by atoms with van der Waals surface area (Å²) in [6, 6.07) is 6.55. The number of aromatic nitrogens is 1. The van der Waals surface area contributed by atoms with Crippen LogP contribution in [0.4, 0.5) is 0 Å². The average Bonchev–Trinajstić information content (AvgIpc) is 2.80. The molecule has 2 rings (SSSR count). The van der Waals surface area contributed by atoms with Crippen LogP contribution >= 0.6 is 15.9 Å². The first-order chi connectivity index (χ1) is 9.93. The van der Waals surface area contributed by atoms with Gasteiger partial charge in [0.1, 0.15) is 0 Å². The maximum absolute atomic E-state index is 11.8. The number of carboxylic acid groups (broad SMARTS) is 1. The number of halogens is 1. The van der Waals surface area contributed by atoms with Crippen LogP contribution in [0.15, 0.2) is 34.9 Å². The lowest BCUT2D eigenvalue weighted by Gasteiger charge is -2.10. The number of aromatic carboxylic acids is 1. The number of carbonyl (C=O) groups excluding carboxylic acids is 1. The molecule has 1 heterocycles. The minimum absolute atomic E-state index is 0.160. The van der Waals surface area contributed by atoms with Crippen LogP contribution in [-0.4, -0.2) is 28.2 Å². The zero-order valence-electron chi connectivity index (χ0n) is 11.6. The molecule has 0 bridgehead atoms. The topological polar surface area (TPSA) is 68.5 Å². The number of ether oxygens (including phenoxy) is 1. The number of carbonyl (C=O) groups is 2. The highest BCUT2D eigenvalue weighted by atomic mass is 79.9. The van der Waals surface area contributed by atoms with Gasteiger partial charge in [0.05, 0.1) is 23.4 Å². The summed E-state index contributed by atoms with van der Waals surface area (Å²) in [5.74, 6) is -1.45. The fourth-order valence-electron chi connectivity index (χ4n) is 2.04. The molecule has 6 heteroatoms. The Balaban J connectivity index is 2.55. The number of hydrogen-bond acceptors (Lipinski definition) is 3. The van der Waals surface area contributed by atoms with Crippen molar-refractivity contribution in [3.8, 4) is 5.69 Å². The van der Waals surface area contributed by atoms with Crippen LogP contribution in [0.2, 0.25) is 0 Å². The van der Waals surface area contributed by atoms with Crippen LogP contribution in [0.25, 0.3) is 5.69 Å². The van der Waals surface area contributed by atoms with E-state index in [9.17, 15) is 14.7 Å². The van der Waals surface area contributed by atoms with Gasteiger partial charge < -0.3 is 14.4 Å². The quantitative estimate of drug-likeness (QED) is 0.856. The molecule has 0 aliphatic rings. The molecule has 0 fully saturated rings. The number of rotatable bonds is 4. The van der Waals surface area contributed by atoms with Crippen molar-refractivity contribution in [3.63, 3.8) is 0 Å². The van der Waals surface area contributed by atoms with E-state index in [2.05, 4.69) is 15.9 Å². The van der Waals surface area contributed by atoms with Crippen molar-refractivity contribution in [1.29, 1.82) is 0 Å². The molecule has 2 aromatic rings. The highest BCUT2D eigenvalue weighted by Gasteiger charge is 2.17. The van der Waals surface area contributed by atoms with Gasteiger partial charge in [-0.25, -0.2) is 9.59 Å². The van der Waals surface area contributed by atoms with Crippen molar-refractivity contribution in [2.75, 3.05) is 6.61 Å². The lowest BCUT2D eigenvalue weighted by molar-refractivity contribution is 0.0526. The molecule has 0 spiro atoms. The van der Waals surface area contributed by atoms with E-state index in [1.54, 1.807) is 42.8 Å². The minimum Gasteiger partial charge on any atom is -0.478 e. The van der Waals surface area contributed by atoms with E-state index in [4.69, 9.17) is 4.74 Å². The van der Waals surface area contributed by atoms with E-state index in [0.717, 1.165) is 10.2 Å². The maximum atomic E-state index is 11.8. The first-order valence-electron chi connectivity index (χ1n) is 6.33. The lowest BCUT2D eigenvalue weighted by Crippen LogP contribution is -2.06. The molecule has 5 nitrogen and oxygen atoms in total. The molecule has 0 aliphatic carbocycles. The first kappa shape index (κ1) is 15.3. The summed E-state index contributed by atoms with van der Waals surface area (Å²) in [7, 11) is 0. The molecule has 0 saturated carbocycles. The number of carboxylic acids is 1. The molecule has 1 N–H and O–H groups in total. The Hall–Kier alpha value is -2.08. The van der Waals surface area contributed by atoms with Gasteiger partial charge in [-0.15, -0.1) is 0 Å². The van der Waals surface area contributed by atoms with E-state index in [1.807, 2.05) is 0 Å². The first-order valence-corrected chi connectivity index (χ1v) is 7.12. The SMILES string of the molecule is CCOC(=O)c1cc(C)n(-c2cc(Br)ccc2C(=O)O)c1. The van der Waals surface area contributed by atoms with Gasteiger partial charge in [0.15, 0.2) is 0 Å². The number of benzene rings is 1.